The molecule has 0 atom stereocenters. The molecule has 0 aliphatic rings. The molecule has 60 valence electrons. The van der Waals surface area contributed by atoms with E-state index in [0.29, 0.717) is 11.4 Å². The van der Waals surface area contributed by atoms with Crippen molar-refractivity contribution < 1.29 is 9.90 Å². The third kappa shape index (κ3) is 1.38. The molecule has 0 radical (unpaired) electrons. The van der Waals surface area contributed by atoms with Crippen molar-refractivity contribution >= 4 is 5.97 Å². The molecule has 5 nitrogen and oxygen atoms in total. The SMILES string of the molecule is Cc1[nH]c(C(=O)O)nc1CN. The minimum absolute atomic E-state index is 0.0528. The van der Waals surface area contributed by atoms with Gasteiger partial charge in [-0.2, -0.15) is 0 Å². The zero-order valence-corrected chi connectivity index (χ0v) is 6.09. The van der Waals surface area contributed by atoms with Gasteiger partial charge in [-0.05, 0) is 6.92 Å². The zero-order chi connectivity index (χ0) is 8.43. The minimum Gasteiger partial charge on any atom is -0.475 e. The number of nitrogens with two attached hydrogens (primary N) is 1. The van der Waals surface area contributed by atoms with Gasteiger partial charge >= 0.3 is 5.97 Å². The number of imidazole rings is 1. The normalized spacial score (nSPS) is 10.0. The summed E-state index contributed by atoms with van der Waals surface area (Å²) in [4.78, 5) is 16.7. The Morgan fingerprint density at radius 2 is 2.45 bits per heavy atom. The number of H-pyrrole nitrogens is 1. The molecule has 11 heavy (non-hydrogen) atoms. The summed E-state index contributed by atoms with van der Waals surface area (Å²) < 4.78 is 0. The number of aromatic amines is 1. The van der Waals surface area contributed by atoms with Gasteiger partial charge in [0.25, 0.3) is 0 Å². The van der Waals surface area contributed by atoms with Crippen LogP contribution in [0.15, 0.2) is 0 Å². The van der Waals surface area contributed by atoms with Crippen LogP contribution >= 0.6 is 0 Å². The van der Waals surface area contributed by atoms with Crippen LogP contribution in [0.25, 0.3) is 0 Å². The van der Waals surface area contributed by atoms with E-state index in [-0.39, 0.29) is 12.4 Å². The van der Waals surface area contributed by atoms with E-state index in [1.807, 2.05) is 0 Å². The third-order valence-corrected chi connectivity index (χ3v) is 1.38. The topological polar surface area (TPSA) is 92.0 Å². The molecule has 0 bridgehead atoms. The van der Waals surface area contributed by atoms with Crippen LogP contribution in [-0.4, -0.2) is 21.0 Å². The zero-order valence-electron chi connectivity index (χ0n) is 6.09. The van der Waals surface area contributed by atoms with Gasteiger partial charge in [-0.15, -0.1) is 0 Å². The van der Waals surface area contributed by atoms with Crippen LogP contribution in [0.1, 0.15) is 22.0 Å². The Bertz CT molecular complexity index is 279. The average molecular weight is 155 g/mol. The summed E-state index contributed by atoms with van der Waals surface area (Å²) in [6.07, 6.45) is 0. The summed E-state index contributed by atoms with van der Waals surface area (Å²) in [5.74, 6) is -1.12. The van der Waals surface area contributed by atoms with E-state index >= 15 is 0 Å². The fourth-order valence-electron chi connectivity index (χ4n) is 0.797. The summed E-state index contributed by atoms with van der Waals surface area (Å²) in [6, 6.07) is 0. The second-order valence-electron chi connectivity index (χ2n) is 2.17. The van der Waals surface area contributed by atoms with Crippen LogP contribution in [0.3, 0.4) is 0 Å². The molecular formula is C6H9N3O2. The van der Waals surface area contributed by atoms with Gasteiger partial charge in [-0.3, -0.25) is 0 Å². The summed E-state index contributed by atoms with van der Waals surface area (Å²) in [6.45, 7) is 2.00. The molecule has 0 aliphatic carbocycles. The molecule has 0 fully saturated rings. The lowest BCUT2D eigenvalue weighted by Crippen LogP contribution is -2.01. The van der Waals surface area contributed by atoms with E-state index in [2.05, 4.69) is 9.97 Å². The van der Waals surface area contributed by atoms with Crippen LogP contribution in [0.4, 0.5) is 0 Å². The Balaban J connectivity index is 3.05. The Labute approximate surface area is 63.3 Å². The fourth-order valence-corrected chi connectivity index (χ4v) is 0.797. The number of carbonyl (C=O) groups is 1. The summed E-state index contributed by atoms with van der Waals surface area (Å²) in [5, 5.41) is 8.48. The van der Waals surface area contributed by atoms with Crippen molar-refractivity contribution in [2.24, 2.45) is 5.73 Å². The lowest BCUT2D eigenvalue weighted by atomic mass is 10.3. The van der Waals surface area contributed by atoms with Crippen LogP contribution in [0.2, 0.25) is 0 Å². The molecule has 4 N–H and O–H groups in total. The predicted octanol–water partition coefficient (Wildman–Crippen LogP) is -0.125. The average Bonchev–Trinajstić information content (AvgIpc) is 2.31. The number of aryl methyl sites for hydroxylation is 1. The maximum Gasteiger partial charge on any atom is 0.371 e. The molecule has 0 aromatic carbocycles. The van der Waals surface area contributed by atoms with Gasteiger partial charge < -0.3 is 15.8 Å². The van der Waals surface area contributed by atoms with E-state index in [4.69, 9.17) is 10.8 Å². The fraction of sp³-hybridized carbons (Fsp3) is 0.333. The molecule has 1 aromatic heterocycles. The Morgan fingerprint density at radius 1 is 1.82 bits per heavy atom. The number of aromatic nitrogens is 2. The highest BCUT2D eigenvalue weighted by Crippen LogP contribution is 2.02. The highest BCUT2D eigenvalue weighted by atomic mass is 16.4. The van der Waals surface area contributed by atoms with E-state index in [1.165, 1.54) is 0 Å². The molecule has 1 heterocycles. The van der Waals surface area contributed by atoms with Crippen molar-refractivity contribution in [1.82, 2.24) is 9.97 Å². The maximum absolute atomic E-state index is 10.3. The van der Waals surface area contributed by atoms with Crippen molar-refractivity contribution in [3.05, 3.63) is 17.2 Å². The lowest BCUT2D eigenvalue weighted by Gasteiger charge is -1.86. The molecule has 1 rings (SSSR count). The molecular weight excluding hydrogens is 146 g/mol. The molecule has 0 saturated carbocycles. The number of carboxylic acid groups (broad SMARTS) is 1. The standard InChI is InChI=1S/C6H9N3O2/c1-3-4(2-7)9-5(8-3)6(10)11/h2,7H2,1H3,(H,8,9)(H,10,11). The number of aromatic carboxylic acids is 1. The molecule has 0 amide bonds. The monoisotopic (exact) mass is 155 g/mol. The van der Waals surface area contributed by atoms with E-state index < -0.39 is 5.97 Å². The summed E-state index contributed by atoms with van der Waals surface area (Å²) in [7, 11) is 0. The minimum atomic E-state index is -1.06. The molecule has 0 spiro atoms. The van der Waals surface area contributed by atoms with Crippen molar-refractivity contribution in [1.29, 1.82) is 0 Å². The molecule has 0 aliphatic heterocycles. The number of carboxylic acids is 1. The lowest BCUT2D eigenvalue weighted by molar-refractivity contribution is 0.0684. The third-order valence-electron chi connectivity index (χ3n) is 1.38. The van der Waals surface area contributed by atoms with Gasteiger partial charge in [0, 0.05) is 12.2 Å². The first kappa shape index (κ1) is 7.74. The van der Waals surface area contributed by atoms with Gasteiger partial charge in [0.1, 0.15) is 0 Å². The highest BCUT2D eigenvalue weighted by Gasteiger charge is 2.09. The highest BCUT2D eigenvalue weighted by molar-refractivity contribution is 5.83. The van der Waals surface area contributed by atoms with Gasteiger partial charge in [-0.1, -0.05) is 0 Å². The second kappa shape index (κ2) is 2.71. The Morgan fingerprint density at radius 3 is 2.73 bits per heavy atom. The first-order valence-electron chi connectivity index (χ1n) is 3.14. The molecule has 0 saturated heterocycles. The van der Waals surface area contributed by atoms with Crippen LogP contribution in [0, 0.1) is 6.92 Å². The van der Waals surface area contributed by atoms with E-state index in [1.54, 1.807) is 6.92 Å². The number of hydrogen-bond donors (Lipinski definition) is 3. The predicted molar refractivity (Wildman–Crippen MR) is 38.2 cm³/mol. The largest absolute Gasteiger partial charge is 0.475 e. The maximum atomic E-state index is 10.3. The van der Waals surface area contributed by atoms with E-state index in [0.717, 1.165) is 0 Å². The van der Waals surface area contributed by atoms with Crippen LogP contribution in [0.5, 0.6) is 0 Å². The van der Waals surface area contributed by atoms with Crippen molar-refractivity contribution in [3.8, 4) is 0 Å². The summed E-state index contributed by atoms with van der Waals surface area (Å²) in [5.41, 5.74) is 6.60. The number of nitrogens with zero attached hydrogens (tertiary/aromatic N) is 1. The Kier molecular flexibility index (Phi) is 1.91. The van der Waals surface area contributed by atoms with E-state index in [9.17, 15) is 4.79 Å². The first-order valence-corrected chi connectivity index (χ1v) is 3.14. The van der Waals surface area contributed by atoms with Crippen molar-refractivity contribution in [2.75, 3.05) is 0 Å². The quantitative estimate of drug-likeness (QED) is 0.555. The van der Waals surface area contributed by atoms with Gasteiger partial charge in [0.2, 0.25) is 5.82 Å². The molecule has 5 heteroatoms. The first-order chi connectivity index (χ1) is 5.15. The number of hydrogen-bond acceptors (Lipinski definition) is 3. The number of nitrogens with one attached hydrogen (secondary N) is 1. The van der Waals surface area contributed by atoms with Gasteiger partial charge in [-0.25, -0.2) is 9.78 Å². The van der Waals surface area contributed by atoms with Crippen molar-refractivity contribution in [3.63, 3.8) is 0 Å². The second-order valence-corrected chi connectivity index (χ2v) is 2.17. The van der Waals surface area contributed by atoms with Crippen molar-refractivity contribution in [2.45, 2.75) is 13.5 Å². The Hall–Kier alpha value is -1.36. The number of rotatable bonds is 2. The van der Waals surface area contributed by atoms with Gasteiger partial charge in [0.05, 0.1) is 5.69 Å². The smallest absolute Gasteiger partial charge is 0.371 e. The molecule has 0 unspecified atom stereocenters. The van der Waals surface area contributed by atoms with Crippen LogP contribution < -0.4 is 5.73 Å². The van der Waals surface area contributed by atoms with Crippen LogP contribution in [-0.2, 0) is 6.54 Å². The molecule has 1 aromatic rings. The van der Waals surface area contributed by atoms with Gasteiger partial charge in [0.15, 0.2) is 0 Å². The summed E-state index contributed by atoms with van der Waals surface area (Å²) >= 11 is 0.